The maximum Gasteiger partial charge on any atom is 0.221 e. The van der Waals surface area contributed by atoms with Crippen molar-refractivity contribution in [3.63, 3.8) is 0 Å². The molecule has 3 nitrogen and oxygen atoms in total. The van der Waals surface area contributed by atoms with Gasteiger partial charge in [0.25, 0.3) is 0 Å². The zero-order valence-corrected chi connectivity index (χ0v) is 16.8. The zero-order valence-electron chi connectivity index (χ0n) is 16.8. The topological polar surface area (TPSA) is 44.9 Å². The molecule has 1 heterocycles. The van der Waals surface area contributed by atoms with Crippen molar-refractivity contribution in [3.8, 4) is 0 Å². The molecule has 0 fully saturated rings. The number of benzene rings is 2. The van der Waals surface area contributed by atoms with Gasteiger partial charge in [-0.2, -0.15) is 0 Å². The van der Waals surface area contributed by atoms with Crippen molar-refractivity contribution in [3.05, 3.63) is 70.9 Å². The molecule has 142 valence electrons. The first kappa shape index (κ1) is 19.2. The Bertz CT molecular complexity index is 925. The number of rotatable bonds is 7. The van der Waals surface area contributed by atoms with Crippen molar-refractivity contribution in [1.82, 2.24) is 10.3 Å². The monoisotopic (exact) mass is 362 g/mol. The molecule has 0 bridgehead atoms. The number of amides is 1. The van der Waals surface area contributed by atoms with Gasteiger partial charge < -0.3 is 10.3 Å². The van der Waals surface area contributed by atoms with Crippen LogP contribution in [0.2, 0.25) is 0 Å². The number of nitrogens with one attached hydrogen (secondary N) is 2. The van der Waals surface area contributed by atoms with Crippen molar-refractivity contribution >= 4 is 16.8 Å². The number of fused-ring (bicyclic) bond motifs is 1. The summed E-state index contributed by atoms with van der Waals surface area (Å²) in [6, 6.07) is 15.2. The Balaban J connectivity index is 2.03. The molecule has 0 saturated carbocycles. The minimum absolute atomic E-state index is 0.0369. The smallest absolute Gasteiger partial charge is 0.221 e. The van der Waals surface area contributed by atoms with Crippen LogP contribution in [0.4, 0.5) is 0 Å². The number of H-pyrrole nitrogens is 1. The second-order valence-corrected chi connectivity index (χ2v) is 7.48. The van der Waals surface area contributed by atoms with Crippen LogP contribution in [-0.2, 0) is 11.2 Å². The second kappa shape index (κ2) is 8.43. The molecular weight excluding hydrogens is 332 g/mol. The molecule has 0 aliphatic rings. The molecule has 1 amide bonds. The van der Waals surface area contributed by atoms with Gasteiger partial charge in [-0.25, -0.2) is 0 Å². The van der Waals surface area contributed by atoms with Gasteiger partial charge in [0.05, 0.1) is 0 Å². The Morgan fingerprint density at radius 3 is 2.63 bits per heavy atom. The Morgan fingerprint density at radius 1 is 1.15 bits per heavy atom. The molecule has 3 aromatic rings. The summed E-state index contributed by atoms with van der Waals surface area (Å²) < 4.78 is 0. The molecule has 3 rings (SSSR count). The van der Waals surface area contributed by atoms with E-state index in [9.17, 15) is 4.79 Å². The molecule has 2 aromatic carbocycles. The van der Waals surface area contributed by atoms with Gasteiger partial charge in [-0.3, -0.25) is 4.79 Å². The molecule has 2 atom stereocenters. The number of aromatic amines is 1. The lowest BCUT2D eigenvalue weighted by Gasteiger charge is -2.19. The van der Waals surface area contributed by atoms with Crippen LogP contribution in [0.5, 0.6) is 0 Å². The van der Waals surface area contributed by atoms with Crippen LogP contribution in [0.15, 0.2) is 48.7 Å². The highest BCUT2D eigenvalue weighted by atomic mass is 16.1. The van der Waals surface area contributed by atoms with Gasteiger partial charge in [0.2, 0.25) is 5.91 Å². The van der Waals surface area contributed by atoms with E-state index >= 15 is 0 Å². The number of hydrogen-bond acceptors (Lipinski definition) is 1. The molecule has 0 unspecified atom stereocenters. The molecule has 1 aromatic heterocycles. The van der Waals surface area contributed by atoms with Crippen LogP contribution in [0, 0.1) is 6.92 Å². The van der Waals surface area contributed by atoms with Crippen LogP contribution >= 0.6 is 0 Å². The van der Waals surface area contributed by atoms with E-state index in [1.165, 1.54) is 33.2 Å². The lowest BCUT2D eigenvalue weighted by atomic mass is 9.87. The van der Waals surface area contributed by atoms with Gasteiger partial charge in [-0.15, -0.1) is 0 Å². The minimum atomic E-state index is 0.0369. The largest absolute Gasteiger partial charge is 0.361 e. The van der Waals surface area contributed by atoms with E-state index in [4.69, 9.17) is 0 Å². The number of carbonyl (C=O) groups is 1. The number of carbonyl (C=O) groups excluding carboxylic acids is 1. The average Bonchev–Trinajstić information content (AvgIpc) is 3.09. The molecule has 0 spiro atoms. The van der Waals surface area contributed by atoms with Crippen molar-refractivity contribution in [2.24, 2.45) is 0 Å². The van der Waals surface area contributed by atoms with Crippen LogP contribution < -0.4 is 5.32 Å². The predicted octanol–water partition coefficient (Wildman–Crippen LogP) is 5.48. The van der Waals surface area contributed by atoms with E-state index in [1.807, 2.05) is 0 Å². The summed E-state index contributed by atoms with van der Waals surface area (Å²) in [7, 11) is 0. The summed E-state index contributed by atoms with van der Waals surface area (Å²) in [5, 5.41) is 4.35. The quantitative estimate of drug-likeness (QED) is 0.575. The Morgan fingerprint density at radius 2 is 1.93 bits per heavy atom. The maximum absolute atomic E-state index is 12.7. The fourth-order valence-corrected chi connectivity index (χ4v) is 3.74. The third-order valence-corrected chi connectivity index (χ3v) is 5.44. The standard InChI is InChI=1S/C24H30N2O/c1-5-17(4)26-23(27)14-21(19-11-7-9-16(3)13-19)22-15-25-24-18(6-2)10-8-12-20(22)24/h7-13,15,17,21,25H,5-6,14H2,1-4H3,(H,26,27)/t17-,21-/m1/s1. The zero-order chi connectivity index (χ0) is 19.4. The molecule has 0 aliphatic carbocycles. The molecular formula is C24H30N2O. The summed E-state index contributed by atoms with van der Waals surface area (Å²) >= 11 is 0. The van der Waals surface area contributed by atoms with Crippen molar-refractivity contribution in [2.45, 2.75) is 58.9 Å². The second-order valence-electron chi connectivity index (χ2n) is 7.48. The number of aromatic nitrogens is 1. The Kier molecular flexibility index (Phi) is 6.00. The third kappa shape index (κ3) is 4.24. The first-order valence-corrected chi connectivity index (χ1v) is 9.98. The Hall–Kier alpha value is -2.55. The molecule has 0 saturated heterocycles. The number of aryl methyl sites for hydroxylation is 2. The van der Waals surface area contributed by atoms with Gasteiger partial charge in [0.1, 0.15) is 0 Å². The van der Waals surface area contributed by atoms with E-state index in [0.717, 1.165) is 12.8 Å². The first-order valence-electron chi connectivity index (χ1n) is 9.98. The number of hydrogen-bond donors (Lipinski definition) is 2. The van der Waals surface area contributed by atoms with Crippen molar-refractivity contribution < 1.29 is 4.79 Å². The minimum Gasteiger partial charge on any atom is -0.361 e. The van der Waals surface area contributed by atoms with Gasteiger partial charge in [0.15, 0.2) is 0 Å². The fraction of sp³-hybridized carbons (Fsp3) is 0.375. The highest BCUT2D eigenvalue weighted by Gasteiger charge is 2.22. The lowest BCUT2D eigenvalue weighted by molar-refractivity contribution is -0.121. The Labute approximate surface area is 162 Å². The molecule has 0 radical (unpaired) electrons. The summed E-state index contributed by atoms with van der Waals surface area (Å²) in [5.74, 6) is 0.145. The highest BCUT2D eigenvalue weighted by Crippen LogP contribution is 2.35. The maximum atomic E-state index is 12.7. The van der Waals surface area contributed by atoms with Gasteiger partial charge in [-0.1, -0.05) is 61.9 Å². The average molecular weight is 363 g/mol. The van der Waals surface area contributed by atoms with Crippen LogP contribution in [0.1, 0.15) is 61.8 Å². The normalized spacial score (nSPS) is 13.5. The predicted molar refractivity (Wildman–Crippen MR) is 113 cm³/mol. The van der Waals surface area contributed by atoms with E-state index in [0.29, 0.717) is 6.42 Å². The van der Waals surface area contributed by atoms with Crippen LogP contribution in [0.3, 0.4) is 0 Å². The van der Waals surface area contributed by atoms with E-state index < -0.39 is 0 Å². The summed E-state index contributed by atoms with van der Waals surface area (Å²) in [6.45, 7) is 8.42. The van der Waals surface area contributed by atoms with Gasteiger partial charge >= 0.3 is 0 Å². The van der Waals surface area contributed by atoms with E-state index in [2.05, 4.69) is 86.7 Å². The third-order valence-electron chi connectivity index (χ3n) is 5.44. The number of para-hydroxylation sites is 1. The van der Waals surface area contributed by atoms with Crippen molar-refractivity contribution in [2.75, 3.05) is 0 Å². The summed E-state index contributed by atoms with van der Waals surface area (Å²) in [5.41, 5.74) is 6.11. The molecule has 27 heavy (non-hydrogen) atoms. The van der Waals surface area contributed by atoms with E-state index in [1.54, 1.807) is 0 Å². The summed E-state index contributed by atoms with van der Waals surface area (Å²) in [4.78, 5) is 16.2. The highest BCUT2D eigenvalue weighted by molar-refractivity contribution is 5.88. The molecule has 0 aliphatic heterocycles. The van der Waals surface area contributed by atoms with Crippen LogP contribution in [-0.4, -0.2) is 16.9 Å². The fourth-order valence-electron chi connectivity index (χ4n) is 3.74. The SMILES string of the molecule is CCc1cccc2c([C@H](CC(=O)N[C@H](C)CC)c3cccc(C)c3)c[nH]c12. The molecule has 3 heteroatoms. The van der Waals surface area contributed by atoms with E-state index in [-0.39, 0.29) is 17.9 Å². The molecule has 2 N–H and O–H groups in total. The lowest BCUT2D eigenvalue weighted by Crippen LogP contribution is -2.33. The van der Waals surface area contributed by atoms with Crippen LogP contribution in [0.25, 0.3) is 10.9 Å². The summed E-state index contributed by atoms with van der Waals surface area (Å²) in [6.07, 6.45) is 4.47. The van der Waals surface area contributed by atoms with Gasteiger partial charge in [-0.05, 0) is 43.4 Å². The van der Waals surface area contributed by atoms with Crippen molar-refractivity contribution in [1.29, 1.82) is 0 Å². The first-order chi connectivity index (χ1) is 13.0. The van der Waals surface area contributed by atoms with Gasteiger partial charge in [0, 0.05) is 35.5 Å².